The Morgan fingerprint density at radius 3 is 2.71 bits per heavy atom. The third-order valence-electron chi connectivity index (χ3n) is 2.72. The highest BCUT2D eigenvalue weighted by molar-refractivity contribution is 7.80. The Kier molecular flexibility index (Phi) is 5.71. The average Bonchev–Trinajstić information content (AvgIpc) is 3.01. The minimum absolute atomic E-state index is 0.205. The maximum absolute atomic E-state index is 11.8. The maximum atomic E-state index is 11.8. The molecule has 0 spiro atoms. The highest BCUT2D eigenvalue weighted by Crippen LogP contribution is 1.98. The van der Waals surface area contributed by atoms with E-state index in [0.717, 1.165) is 18.8 Å². The molecule has 7 heteroatoms. The van der Waals surface area contributed by atoms with Gasteiger partial charge in [0, 0.05) is 18.7 Å². The number of hydrogen-bond acceptors (Lipinski definition) is 4. The van der Waals surface area contributed by atoms with Gasteiger partial charge in [-0.1, -0.05) is 18.2 Å². The molecule has 0 atom stereocenters. The molecule has 0 aliphatic rings. The largest absolute Gasteiger partial charge is 0.370 e. The van der Waals surface area contributed by atoms with E-state index in [1.165, 1.54) is 0 Å². The van der Waals surface area contributed by atoms with E-state index < -0.39 is 0 Å². The summed E-state index contributed by atoms with van der Waals surface area (Å²) in [6.07, 6.45) is 2.55. The Balaban J connectivity index is 1.60. The van der Waals surface area contributed by atoms with Crippen LogP contribution in [0.3, 0.4) is 0 Å². The first-order chi connectivity index (χ1) is 10.3. The SMILES string of the molecule is O=C(NC(=S)NCCCNc1ccn[nH]1)c1ccccc1. The van der Waals surface area contributed by atoms with E-state index in [4.69, 9.17) is 12.2 Å². The number of nitrogens with one attached hydrogen (secondary N) is 4. The minimum Gasteiger partial charge on any atom is -0.370 e. The predicted octanol–water partition coefficient (Wildman–Crippen LogP) is 1.52. The quantitative estimate of drug-likeness (QED) is 0.480. The molecule has 0 saturated heterocycles. The lowest BCUT2D eigenvalue weighted by Gasteiger charge is -2.09. The van der Waals surface area contributed by atoms with Crippen LogP contribution in [0.25, 0.3) is 0 Å². The van der Waals surface area contributed by atoms with Gasteiger partial charge in [0.25, 0.3) is 5.91 Å². The van der Waals surface area contributed by atoms with Gasteiger partial charge in [-0.3, -0.25) is 15.2 Å². The summed E-state index contributed by atoms with van der Waals surface area (Å²) in [6.45, 7) is 1.46. The van der Waals surface area contributed by atoms with Crippen molar-refractivity contribution < 1.29 is 4.79 Å². The Hall–Kier alpha value is -2.41. The average molecular weight is 303 g/mol. The number of anilines is 1. The summed E-state index contributed by atoms with van der Waals surface area (Å²) in [7, 11) is 0. The molecule has 0 saturated carbocycles. The summed E-state index contributed by atoms with van der Waals surface area (Å²) in [5.74, 6) is 0.679. The number of aromatic amines is 1. The molecule has 0 aliphatic heterocycles. The summed E-state index contributed by atoms with van der Waals surface area (Å²) in [5, 5.41) is 15.8. The third-order valence-corrected chi connectivity index (χ3v) is 2.96. The van der Waals surface area contributed by atoms with Crippen LogP contribution < -0.4 is 16.0 Å². The van der Waals surface area contributed by atoms with Gasteiger partial charge in [0.05, 0.1) is 6.20 Å². The molecule has 4 N–H and O–H groups in total. The second-order valence-electron chi connectivity index (χ2n) is 4.33. The van der Waals surface area contributed by atoms with Crippen LogP contribution in [-0.2, 0) is 0 Å². The number of thiocarbonyl (C=S) groups is 1. The molecule has 1 aromatic heterocycles. The van der Waals surface area contributed by atoms with Gasteiger partial charge in [0.2, 0.25) is 0 Å². The Morgan fingerprint density at radius 1 is 1.19 bits per heavy atom. The van der Waals surface area contributed by atoms with E-state index in [-0.39, 0.29) is 5.91 Å². The lowest BCUT2D eigenvalue weighted by molar-refractivity contribution is 0.0976. The number of H-pyrrole nitrogens is 1. The molecule has 0 fully saturated rings. The molecule has 110 valence electrons. The zero-order chi connectivity index (χ0) is 14.9. The molecule has 2 aromatic rings. The molecule has 0 unspecified atom stereocenters. The monoisotopic (exact) mass is 303 g/mol. The van der Waals surface area contributed by atoms with Crippen LogP contribution in [0, 0.1) is 0 Å². The number of hydrogen-bond donors (Lipinski definition) is 4. The molecule has 1 amide bonds. The molecule has 2 rings (SSSR count). The molecule has 1 aromatic carbocycles. The summed E-state index contributed by atoms with van der Waals surface area (Å²) in [5.41, 5.74) is 0.586. The van der Waals surface area contributed by atoms with Crippen molar-refractivity contribution in [1.29, 1.82) is 0 Å². The number of aromatic nitrogens is 2. The fraction of sp³-hybridized carbons (Fsp3) is 0.214. The molecule has 0 bridgehead atoms. The number of carbonyl (C=O) groups is 1. The van der Waals surface area contributed by atoms with Crippen molar-refractivity contribution in [2.75, 3.05) is 18.4 Å². The maximum Gasteiger partial charge on any atom is 0.257 e. The normalized spacial score (nSPS) is 9.90. The Bertz CT molecular complexity index is 570. The smallest absolute Gasteiger partial charge is 0.257 e. The zero-order valence-corrected chi connectivity index (χ0v) is 12.2. The molecule has 0 aliphatic carbocycles. The van der Waals surface area contributed by atoms with Crippen molar-refractivity contribution in [3.8, 4) is 0 Å². The summed E-state index contributed by atoms with van der Waals surface area (Å²) < 4.78 is 0. The molecular formula is C14H17N5OS. The first-order valence-corrected chi connectivity index (χ1v) is 7.04. The van der Waals surface area contributed by atoms with Crippen molar-refractivity contribution in [2.24, 2.45) is 0 Å². The number of amides is 1. The van der Waals surface area contributed by atoms with Gasteiger partial charge < -0.3 is 10.6 Å². The third kappa shape index (κ3) is 5.23. The highest BCUT2D eigenvalue weighted by atomic mass is 32.1. The van der Waals surface area contributed by atoms with Crippen molar-refractivity contribution >= 4 is 29.1 Å². The number of rotatable bonds is 6. The van der Waals surface area contributed by atoms with Crippen molar-refractivity contribution in [3.63, 3.8) is 0 Å². The molecule has 0 radical (unpaired) electrons. The fourth-order valence-electron chi connectivity index (χ4n) is 1.68. The molecule has 21 heavy (non-hydrogen) atoms. The van der Waals surface area contributed by atoms with Crippen molar-refractivity contribution in [1.82, 2.24) is 20.8 Å². The van der Waals surface area contributed by atoms with Crippen LogP contribution in [0.4, 0.5) is 5.82 Å². The summed E-state index contributed by atoms with van der Waals surface area (Å²) in [6, 6.07) is 10.8. The highest BCUT2D eigenvalue weighted by Gasteiger charge is 2.06. The van der Waals surface area contributed by atoms with Gasteiger partial charge in [-0.2, -0.15) is 5.10 Å². The van der Waals surface area contributed by atoms with Crippen LogP contribution in [0.2, 0.25) is 0 Å². The number of nitrogens with zero attached hydrogens (tertiary/aromatic N) is 1. The molecule has 1 heterocycles. The van der Waals surface area contributed by atoms with Gasteiger partial charge in [-0.05, 0) is 36.8 Å². The van der Waals surface area contributed by atoms with Gasteiger partial charge >= 0.3 is 0 Å². The lowest BCUT2D eigenvalue weighted by atomic mass is 10.2. The van der Waals surface area contributed by atoms with Crippen LogP contribution >= 0.6 is 12.2 Å². The van der Waals surface area contributed by atoms with Crippen LogP contribution in [-0.4, -0.2) is 34.3 Å². The second kappa shape index (κ2) is 8.01. The number of carbonyl (C=O) groups excluding carboxylic acids is 1. The predicted molar refractivity (Wildman–Crippen MR) is 86.2 cm³/mol. The Labute approximate surface area is 128 Å². The summed E-state index contributed by atoms with van der Waals surface area (Å²) >= 11 is 5.08. The van der Waals surface area contributed by atoms with Gasteiger partial charge in [0.1, 0.15) is 5.82 Å². The van der Waals surface area contributed by atoms with Crippen molar-refractivity contribution in [2.45, 2.75) is 6.42 Å². The van der Waals surface area contributed by atoms with E-state index in [1.807, 2.05) is 24.3 Å². The van der Waals surface area contributed by atoms with Crippen LogP contribution in [0.5, 0.6) is 0 Å². The first kappa shape index (κ1) is 15.0. The molecular weight excluding hydrogens is 286 g/mol. The van der Waals surface area contributed by atoms with Gasteiger partial charge in [-0.15, -0.1) is 0 Å². The standard InChI is InChI=1S/C14H17N5OS/c20-13(11-5-2-1-3-6-11)18-14(21)16-9-4-8-15-12-7-10-17-19-12/h1-3,5-7,10H,4,8-9H2,(H2,15,17,19)(H2,16,18,20,21). The van der Waals surface area contributed by atoms with Crippen LogP contribution in [0.1, 0.15) is 16.8 Å². The fourth-order valence-corrected chi connectivity index (χ4v) is 1.87. The van der Waals surface area contributed by atoms with Gasteiger partial charge in [0.15, 0.2) is 5.11 Å². The van der Waals surface area contributed by atoms with E-state index in [0.29, 0.717) is 17.2 Å². The first-order valence-electron chi connectivity index (χ1n) is 6.63. The minimum atomic E-state index is -0.205. The van der Waals surface area contributed by atoms with E-state index in [2.05, 4.69) is 26.1 Å². The van der Waals surface area contributed by atoms with Gasteiger partial charge in [-0.25, -0.2) is 0 Å². The van der Waals surface area contributed by atoms with E-state index in [9.17, 15) is 4.79 Å². The lowest BCUT2D eigenvalue weighted by Crippen LogP contribution is -2.39. The summed E-state index contributed by atoms with van der Waals surface area (Å²) in [4.78, 5) is 11.8. The zero-order valence-electron chi connectivity index (χ0n) is 11.4. The van der Waals surface area contributed by atoms with Crippen molar-refractivity contribution in [3.05, 3.63) is 48.2 Å². The van der Waals surface area contributed by atoms with E-state index in [1.54, 1.807) is 18.3 Å². The van der Waals surface area contributed by atoms with E-state index >= 15 is 0 Å². The molecule has 6 nitrogen and oxygen atoms in total. The Morgan fingerprint density at radius 2 is 2.00 bits per heavy atom. The van der Waals surface area contributed by atoms with Crippen LogP contribution in [0.15, 0.2) is 42.6 Å². The number of benzene rings is 1. The topological polar surface area (TPSA) is 81.8 Å². The second-order valence-corrected chi connectivity index (χ2v) is 4.73.